The van der Waals surface area contributed by atoms with E-state index in [0.29, 0.717) is 12.0 Å². The third kappa shape index (κ3) is 5.10. The van der Waals surface area contributed by atoms with Gasteiger partial charge in [-0.2, -0.15) is 0 Å². The van der Waals surface area contributed by atoms with Crippen LogP contribution >= 0.6 is 10.7 Å². The quantitative estimate of drug-likeness (QED) is 0.811. The first-order chi connectivity index (χ1) is 8.65. The number of rotatable bonds is 6. The molecule has 0 aliphatic carbocycles. The van der Waals surface area contributed by atoms with E-state index in [1.807, 2.05) is 0 Å². The van der Waals surface area contributed by atoms with Crippen molar-refractivity contribution in [2.24, 2.45) is 0 Å². The van der Waals surface area contributed by atoms with Crippen LogP contribution in [0, 0.1) is 0 Å². The van der Waals surface area contributed by atoms with Gasteiger partial charge in [-0.15, -0.1) is 0 Å². The highest BCUT2D eigenvalue weighted by Crippen LogP contribution is 2.19. The fraction of sp³-hybridized carbons (Fsp3) is 0.455. The highest BCUT2D eigenvalue weighted by molar-refractivity contribution is 8.13. The maximum Gasteiger partial charge on any atom is 0.261 e. The largest absolute Gasteiger partial charge is 0.261 e. The molecule has 0 heterocycles. The molecule has 1 N–H and O–H groups in total. The molecule has 0 saturated heterocycles. The van der Waals surface area contributed by atoms with Gasteiger partial charge in [0.05, 0.1) is 10.6 Å². The molecule has 0 aliphatic rings. The topological polar surface area (TPSA) is 80.3 Å². The monoisotopic (exact) mass is 325 g/mol. The van der Waals surface area contributed by atoms with E-state index in [4.69, 9.17) is 10.7 Å². The van der Waals surface area contributed by atoms with Crippen LogP contribution in [-0.4, -0.2) is 22.6 Å². The van der Waals surface area contributed by atoms with Gasteiger partial charge in [0.25, 0.3) is 9.05 Å². The molecule has 1 aromatic carbocycles. The standard InChI is InChI=1S/C11H16ClNO4S2/c1-3-8-18(14,15)13-9(2)10-4-6-11(7-5-10)19(12,16)17/h4-7,9,13H,3,8H2,1-2H3. The summed E-state index contributed by atoms with van der Waals surface area (Å²) < 4.78 is 47.9. The number of nitrogens with one attached hydrogen (secondary N) is 1. The average molecular weight is 326 g/mol. The SMILES string of the molecule is CCCS(=O)(=O)NC(C)c1ccc(S(=O)(=O)Cl)cc1. The minimum Gasteiger partial charge on any atom is -0.212 e. The first kappa shape index (κ1) is 16.4. The van der Waals surface area contributed by atoms with Crippen LogP contribution in [-0.2, 0) is 19.1 Å². The van der Waals surface area contributed by atoms with E-state index in [2.05, 4.69) is 4.72 Å². The molecule has 0 saturated carbocycles. The number of hydrogen-bond acceptors (Lipinski definition) is 4. The zero-order valence-electron chi connectivity index (χ0n) is 10.6. The molecule has 1 atom stereocenters. The predicted octanol–water partition coefficient (Wildman–Crippen LogP) is 2.00. The van der Waals surface area contributed by atoms with E-state index >= 15 is 0 Å². The second-order valence-corrected chi connectivity index (χ2v) is 8.60. The second kappa shape index (κ2) is 6.21. The summed E-state index contributed by atoms with van der Waals surface area (Å²) in [4.78, 5) is -0.0125. The highest BCUT2D eigenvalue weighted by Gasteiger charge is 2.16. The Balaban J connectivity index is 2.88. The third-order valence-corrected chi connectivity index (χ3v) is 5.52. The molecule has 0 bridgehead atoms. The van der Waals surface area contributed by atoms with Crippen molar-refractivity contribution in [1.29, 1.82) is 0 Å². The zero-order chi connectivity index (χ0) is 14.7. The van der Waals surface area contributed by atoms with Crippen LogP contribution in [0.15, 0.2) is 29.2 Å². The predicted molar refractivity (Wildman–Crippen MR) is 75.1 cm³/mol. The molecule has 8 heteroatoms. The normalized spacial score (nSPS) is 14.3. The molecule has 5 nitrogen and oxygen atoms in total. The Morgan fingerprint density at radius 1 is 1.16 bits per heavy atom. The maximum atomic E-state index is 11.6. The van der Waals surface area contributed by atoms with Gasteiger partial charge < -0.3 is 0 Å². The number of halogens is 1. The first-order valence-electron chi connectivity index (χ1n) is 5.70. The number of benzene rings is 1. The summed E-state index contributed by atoms with van der Waals surface area (Å²) in [7, 11) is -1.87. The molecule has 0 radical (unpaired) electrons. The van der Waals surface area contributed by atoms with E-state index in [0.717, 1.165) is 0 Å². The summed E-state index contributed by atoms with van der Waals surface area (Å²) in [6, 6.07) is 5.34. The number of sulfonamides is 1. The lowest BCUT2D eigenvalue weighted by atomic mass is 10.1. The third-order valence-electron chi connectivity index (χ3n) is 2.49. The van der Waals surface area contributed by atoms with Crippen LogP contribution in [0.4, 0.5) is 0 Å². The molecular weight excluding hydrogens is 310 g/mol. The van der Waals surface area contributed by atoms with Gasteiger partial charge in [0.1, 0.15) is 0 Å². The van der Waals surface area contributed by atoms with Crippen molar-refractivity contribution in [1.82, 2.24) is 4.72 Å². The van der Waals surface area contributed by atoms with Crippen molar-refractivity contribution < 1.29 is 16.8 Å². The van der Waals surface area contributed by atoms with Crippen molar-refractivity contribution in [2.45, 2.75) is 31.2 Å². The zero-order valence-corrected chi connectivity index (χ0v) is 13.0. The van der Waals surface area contributed by atoms with Gasteiger partial charge in [0.15, 0.2) is 0 Å². The van der Waals surface area contributed by atoms with Crippen LogP contribution in [0.2, 0.25) is 0 Å². The van der Waals surface area contributed by atoms with Crippen molar-refractivity contribution in [3.63, 3.8) is 0 Å². The molecule has 1 unspecified atom stereocenters. The molecule has 0 amide bonds. The van der Waals surface area contributed by atoms with Gasteiger partial charge in [0.2, 0.25) is 10.0 Å². The average Bonchev–Trinajstić information content (AvgIpc) is 2.27. The summed E-state index contributed by atoms with van der Waals surface area (Å²) in [5.74, 6) is 0.0610. The van der Waals surface area contributed by atoms with Crippen molar-refractivity contribution in [3.8, 4) is 0 Å². The lowest BCUT2D eigenvalue weighted by Gasteiger charge is -2.14. The van der Waals surface area contributed by atoms with Gasteiger partial charge in [-0.3, -0.25) is 0 Å². The smallest absolute Gasteiger partial charge is 0.212 e. The van der Waals surface area contributed by atoms with E-state index in [1.54, 1.807) is 13.8 Å². The van der Waals surface area contributed by atoms with Crippen molar-refractivity contribution >= 4 is 29.8 Å². The summed E-state index contributed by atoms with van der Waals surface area (Å²) in [6.07, 6.45) is 0.533. The minimum atomic E-state index is -3.76. The van der Waals surface area contributed by atoms with E-state index in [1.165, 1.54) is 24.3 Å². The van der Waals surface area contributed by atoms with Crippen molar-refractivity contribution in [2.75, 3.05) is 5.75 Å². The molecule has 108 valence electrons. The van der Waals surface area contributed by atoms with Crippen molar-refractivity contribution in [3.05, 3.63) is 29.8 Å². The Morgan fingerprint density at radius 3 is 2.11 bits per heavy atom. The molecule has 0 aliphatic heterocycles. The van der Waals surface area contributed by atoms with Crippen LogP contribution in [0.3, 0.4) is 0 Å². The first-order valence-corrected chi connectivity index (χ1v) is 9.66. The van der Waals surface area contributed by atoms with Crippen LogP contribution in [0.1, 0.15) is 31.9 Å². The van der Waals surface area contributed by atoms with E-state index < -0.39 is 25.1 Å². The van der Waals surface area contributed by atoms with Crippen LogP contribution in [0.25, 0.3) is 0 Å². The minimum absolute atomic E-state index is 0.0125. The van der Waals surface area contributed by atoms with E-state index in [9.17, 15) is 16.8 Å². The van der Waals surface area contributed by atoms with Gasteiger partial charge in [-0.25, -0.2) is 21.6 Å². The van der Waals surface area contributed by atoms with Gasteiger partial charge in [0, 0.05) is 16.7 Å². The van der Waals surface area contributed by atoms with Crippen LogP contribution < -0.4 is 4.72 Å². The molecule has 1 rings (SSSR count). The fourth-order valence-corrected chi connectivity index (χ4v) is 3.68. The summed E-state index contributed by atoms with van der Waals surface area (Å²) in [5, 5.41) is 0. The fourth-order valence-electron chi connectivity index (χ4n) is 1.58. The molecular formula is C11H16ClNO4S2. The summed E-state index contributed by atoms with van der Waals surface area (Å²) >= 11 is 0. The Kier molecular flexibility index (Phi) is 5.37. The molecule has 0 aromatic heterocycles. The number of hydrogen-bond donors (Lipinski definition) is 1. The maximum absolute atomic E-state index is 11.6. The Morgan fingerprint density at radius 2 is 1.68 bits per heavy atom. The molecule has 0 fully saturated rings. The van der Waals surface area contributed by atoms with Gasteiger partial charge in [-0.1, -0.05) is 19.1 Å². The Hall–Kier alpha value is -0.630. The Labute approximate surface area is 118 Å². The highest BCUT2D eigenvalue weighted by atomic mass is 35.7. The molecule has 0 spiro atoms. The lowest BCUT2D eigenvalue weighted by Crippen LogP contribution is -2.28. The van der Waals surface area contributed by atoms with Gasteiger partial charge in [-0.05, 0) is 31.0 Å². The summed E-state index contributed by atoms with van der Waals surface area (Å²) in [5.41, 5.74) is 0.670. The molecule has 19 heavy (non-hydrogen) atoms. The second-order valence-electron chi connectivity index (χ2n) is 4.17. The molecule has 1 aromatic rings. The summed E-state index contributed by atoms with van der Waals surface area (Å²) in [6.45, 7) is 3.47. The van der Waals surface area contributed by atoms with Gasteiger partial charge >= 0.3 is 0 Å². The van der Waals surface area contributed by atoms with E-state index in [-0.39, 0.29) is 10.6 Å². The Bertz CT molecular complexity index is 623. The lowest BCUT2D eigenvalue weighted by molar-refractivity contribution is 0.565. The van der Waals surface area contributed by atoms with Crippen LogP contribution in [0.5, 0.6) is 0 Å².